The highest BCUT2D eigenvalue weighted by Crippen LogP contribution is 2.30. The van der Waals surface area contributed by atoms with Crippen LogP contribution in [0.15, 0.2) is 47.1 Å². The molecule has 4 rings (SSSR count). The van der Waals surface area contributed by atoms with Crippen LogP contribution in [0.5, 0.6) is 0 Å². The van der Waals surface area contributed by atoms with Gasteiger partial charge in [-0.15, -0.1) is 0 Å². The van der Waals surface area contributed by atoms with E-state index in [9.17, 15) is 9.59 Å². The van der Waals surface area contributed by atoms with Gasteiger partial charge in [0.2, 0.25) is 5.91 Å². The average molecular weight is 367 g/mol. The minimum absolute atomic E-state index is 0.0302. The summed E-state index contributed by atoms with van der Waals surface area (Å²) in [4.78, 5) is 26.6. The fraction of sp³-hybridized carbons (Fsp3) is 0.429. The van der Waals surface area contributed by atoms with Crippen LogP contribution in [0.2, 0.25) is 0 Å². The molecule has 6 nitrogen and oxygen atoms in total. The lowest BCUT2D eigenvalue weighted by Crippen LogP contribution is -2.44. The van der Waals surface area contributed by atoms with Crippen LogP contribution in [0.4, 0.5) is 4.79 Å². The topological polar surface area (TPSA) is 74.6 Å². The zero-order chi connectivity index (χ0) is 18.6. The van der Waals surface area contributed by atoms with E-state index in [1.54, 1.807) is 6.26 Å². The Kier molecular flexibility index (Phi) is 5.14. The molecule has 3 amide bonds. The maximum absolute atomic E-state index is 12.7. The van der Waals surface area contributed by atoms with Crippen LogP contribution in [-0.4, -0.2) is 29.9 Å². The first-order chi connectivity index (χ1) is 13.2. The first-order valence-electron chi connectivity index (χ1n) is 9.67. The molecule has 1 saturated heterocycles. The van der Waals surface area contributed by atoms with Crippen molar-refractivity contribution in [2.45, 2.75) is 44.2 Å². The lowest BCUT2D eigenvalue weighted by Gasteiger charge is -2.27. The molecule has 1 aliphatic heterocycles. The number of fused-ring (bicyclic) bond motifs is 1. The molecule has 0 spiro atoms. The predicted molar refractivity (Wildman–Crippen MR) is 101 cm³/mol. The number of nitrogens with zero attached hydrogens (tertiary/aromatic N) is 1. The molecule has 2 N–H and O–H groups in total. The van der Waals surface area contributed by atoms with Gasteiger partial charge < -0.3 is 20.0 Å². The summed E-state index contributed by atoms with van der Waals surface area (Å²) in [6.07, 6.45) is 5.99. The second-order valence-corrected chi connectivity index (χ2v) is 7.27. The van der Waals surface area contributed by atoms with E-state index in [0.29, 0.717) is 13.0 Å². The number of hydrogen-bond acceptors (Lipinski definition) is 3. The number of carbonyl (C=O) groups excluding carboxylic acids is 2. The van der Waals surface area contributed by atoms with Crippen LogP contribution in [-0.2, 0) is 11.2 Å². The quantitative estimate of drug-likeness (QED) is 0.851. The van der Waals surface area contributed by atoms with E-state index in [2.05, 4.69) is 10.6 Å². The number of carbonyl (C=O) groups is 2. The average Bonchev–Trinajstić information content (AvgIpc) is 3.32. The second-order valence-electron chi connectivity index (χ2n) is 7.27. The number of aryl methyl sites for hydroxylation is 1. The van der Waals surface area contributed by atoms with E-state index >= 15 is 0 Å². The Balaban J connectivity index is 1.45. The molecule has 6 heteroatoms. The summed E-state index contributed by atoms with van der Waals surface area (Å²) < 4.78 is 5.50. The molecule has 0 saturated carbocycles. The largest absolute Gasteiger partial charge is 0.469 e. The number of nitrogens with one attached hydrogen (secondary N) is 2. The van der Waals surface area contributed by atoms with Crippen LogP contribution in [0.25, 0.3) is 0 Å². The molecule has 0 radical (unpaired) electrons. The minimum atomic E-state index is -0.235. The van der Waals surface area contributed by atoms with Gasteiger partial charge in [-0.3, -0.25) is 4.79 Å². The number of benzene rings is 1. The van der Waals surface area contributed by atoms with Gasteiger partial charge in [-0.05, 0) is 30.9 Å². The summed E-state index contributed by atoms with van der Waals surface area (Å²) in [5.41, 5.74) is 2.07. The van der Waals surface area contributed by atoms with E-state index in [1.807, 2.05) is 41.3 Å². The molecule has 0 bridgehead atoms. The third kappa shape index (κ3) is 3.99. The Morgan fingerprint density at radius 1 is 1.19 bits per heavy atom. The summed E-state index contributed by atoms with van der Waals surface area (Å²) in [7, 11) is 0. The highest BCUT2D eigenvalue weighted by atomic mass is 16.3. The molecule has 2 aromatic rings. The Hall–Kier alpha value is -2.76. The van der Waals surface area contributed by atoms with Crippen molar-refractivity contribution in [1.29, 1.82) is 0 Å². The minimum Gasteiger partial charge on any atom is -0.469 e. The first kappa shape index (κ1) is 17.6. The fourth-order valence-corrected chi connectivity index (χ4v) is 4.03. The molecule has 1 aromatic carbocycles. The van der Waals surface area contributed by atoms with Crippen molar-refractivity contribution >= 4 is 11.9 Å². The summed E-state index contributed by atoms with van der Waals surface area (Å²) in [5, 5.41) is 6.16. The lowest BCUT2D eigenvalue weighted by molar-refractivity contribution is -0.128. The first-order valence-corrected chi connectivity index (χ1v) is 9.67. The van der Waals surface area contributed by atoms with Gasteiger partial charge in [0.25, 0.3) is 0 Å². The van der Waals surface area contributed by atoms with E-state index < -0.39 is 0 Å². The van der Waals surface area contributed by atoms with Crippen molar-refractivity contribution in [2.24, 2.45) is 0 Å². The molecule has 1 aliphatic carbocycles. The van der Waals surface area contributed by atoms with E-state index in [0.717, 1.165) is 49.1 Å². The van der Waals surface area contributed by atoms with E-state index in [1.165, 1.54) is 0 Å². The molecule has 27 heavy (non-hydrogen) atoms. The highest BCUT2D eigenvalue weighted by molar-refractivity contribution is 5.78. The third-order valence-corrected chi connectivity index (χ3v) is 5.44. The number of urea groups is 1. The number of amides is 3. The van der Waals surface area contributed by atoms with Crippen molar-refractivity contribution in [1.82, 2.24) is 15.5 Å². The van der Waals surface area contributed by atoms with Crippen molar-refractivity contribution in [3.05, 3.63) is 59.5 Å². The third-order valence-electron chi connectivity index (χ3n) is 5.44. The van der Waals surface area contributed by atoms with Crippen molar-refractivity contribution in [3.8, 4) is 0 Å². The lowest BCUT2D eigenvalue weighted by atomic mass is 9.93. The SMILES string of the molecule is O=C(NC(CN1CCCC1=O)c1ccccc1)NC1CCCc2occc21. The van der Waals surface area contributed by atoms with Crippen LogP contribution in [0, 0.1) is 0 Å². The Morgan fingerprint density at radius 3 is 2.81 bits per heavy atom. The smallest absolute Gasteiger partial charge is 0.315 e. The van der Waals surface area contributed by atoms with Crippen molar-refractivity contribution in [2.75, 3.05) is 13.1 Å². The predicted octanol–water partition coefficient (Wildman–Crippen LogP) is 3.32. The van der Waals surface area contributed by atoms with Crippen LogP contribution in [0.3, 0.4) is 0 Å². The molecule has 2 atom stereocenters. The highest BCUT2D eigenvalue weighted by Gasteiger charge is 2.27. The van der Waals surface area contributed by atoms with Crippen LogP contribution < -0.4 is 10.6 Å². The van der Waals surface area contributed by atoms with Gasteiger partial charge in [0, 0.05) is 31.5 Å². The molecule has 2 unspecified atom stereocenters. The standard InChI is InChI=1S/C21H25N3O3/c25-20-10-5-12-24(20)14-18(15-6-2-1-3-7-15)23-21(26)22-17-8-4-9-19-16(17)11-13-27-19/h1-3,6-7,11,13,17-18H,4-5,8-10,12,14H2,(H2,22,23,26). The fourth-order valence-electron chi connectivity index (χ4n) is 4.03. The van der Waals surface area contributed by atoms with Crippen LogP contribution in [0.1, 0.15) is 54.7 Å². The Morgan fingerprint density at radius 2 is 2.04 bits per heavy atom. The Bertz CT molecular complexity index is 802. The number of likely N-dealkylation sites (tertiary alicyclic amines) is 1. The van der Waals surface area contributed by atoms with E-state index in [-0.39, 0.29) is 24.0 Å². The molecule has 2 heterocycles. The van der Waals surface area contributed by atoms with Crippen molar-refractivity contribution < 1.29 is 14.0 Å². The van der Waals surface area contributed by atoms with E-state index in [4.69, 9.17) is 4.42 Å². The summed E-state index contributed by atoms with van der Waals surface area (Å²) in [5.74, 6) is 1.13. The zero-order valence-corrected chi connectivity index (χ0v) is 15.3. The van der Waals surface area contributed by atoms with Gasteiger partial charge in [0.1, 0.15) is 5.76 Å². The van der Waals surface area contributed by atoms with Gasteiger partial charge >= 0.3 is 6.03 Å². The summed E-state index contributed by atoms with van der Waals surface area (Å²) in [6, 6.07) is 11.3. The van der Waals surface area contributed by atoms with Gasteiger partial charge in [-0.1, -0.05) is 30.3 Å². The molecular formula is C21H25N3O3. The van der Waals surface area contributed by atoms with Gasteiger partial charge in [-0.2, -0.15) is 0 Å². The number of rotatable bonds is 5. The molecule has 142 valence electrons. The zero-order valence-electron chi connectivity index (χ0n) is 15.3. The monoisotopic (exact) mass is 367 g/mol. The maximum Gasteiger partial charge on any atom is 0.315 e. The molecule has 1 fully saturated rings. The maximum atomic E-state index is 12.7. The molecular weight excluding hydrogens is 342 g/mol. The van der Waals surface area contributed by atoms with Crippen LogP contribution >= 0.6 is 0 Å². The molecule has 2 aliphatic rings. The number of hydrogen-bond donors (Lipinski definition) is 2. The normalized spacial score (nSPS) is 20.2. The summed E-state index contributed by atoms with van der Waals surface area (Å²) >= 11 is 0. The number of furan rings is 1. The molecule has 1 aromatic heterocycles. The van der Waals surface area contributed by atoms with Crippen molar-refractivity contribution in [3.63, 3.8) is 0 Å². The van der Waals surface area contributed by atoms with Gasteiger partial charge in [0.15, 0.2) is 0 Å². The van der Waals surface area contributed by atoms with Gasteiger partial charge in [0.05, 0.1) is 18.3 Å². The second kappa shape index (κ2) is 7.86. The van der Waals surface area contributed by atoms with Gasteiger partial charge in [-0.25, -0.2) is 4.79 Å². The summed E-state index contributed by atoms with van der Waals surface area (Å²) in [6.45, 7) is 1.25. The Labute approximate surface area is 158 Å².